The van der Waals surface area contributed by atoms with E-state index in [1.54, 1.807) is 6.07 Å². The van der Waals surface area contributed by atoms with Crippen molar-refractivity contribution in [2.45, 2.75) is 19.1 Å². The minimum atomic E-state index is -4.48. The van der Waals surface area contributed by atoms with Gasteiger partial charge in [-0.15, -0.1) is 0 Å². The second-order valence-electron chi connectivity index (χ2n) is 6.02. The summed E-state index contributed by atoms with van der Waals surface area (Å²) >= 11 is 0. The molecule has 1 heterocycles. The van der Waals surface area contributed by atoms with Crippen LogP contribution in [0, 0.1) is 11.3 Å². The number of halogens is 3. The maximum Gasteiger partial charge on any atom is 0.418 e. The molecule has 0 aliphatic carbocycles. The zero-order valence-electron chi connectivity index (χ0n) is 13.3. The van der Waals surface area contributed by atoms with Crippen molar-refractivity contribution < 1.29 is 13.2 Å². The minimum absolute atomic E-state index is 0.00888. The lowest BCUT2D eigenvalue weighted by atomic mass is 10.1. The lowest BCUT2D eigenvalue weighted by molar-refractivity contribution is -0.137. The molecule has 1 unspecified atom stereocenters. The van der Waals surface area contributed by atoms with Gasteiger partial charge in [-0.3, -0.25) is 4.90 Å². The largest absolute Gasteiger partial charge is 0.418 e. The molecule has 0 spiro atoms. The van der Waals surface area contributed by atoms with Crippen LogP contribution in [0.15, 0.2) is 18.2 Å². The van der Waals surface area contributed by atoms with Crippen molar-refractivity contribution >= 4 is 5.69 Å². The zero-order valence-corrected chi connectivity index (χ0v) is 13.3. The third-order valence-electron chi connectivity index (χ3n) is 3.98. The van der Waals surface area contributed by atoms with E-state index in [2.05, 4.69) is 22.2 Å². The average molecular weight is 326 g/mol. The van der Waals surface area contributed by atoms with Crippen LogP contribution in [0.25, 0.3) is 0 Å². The first-order valence-electron chi connectivity index (χ1n) is 7.58. The van der Waals surface area contributed by atoms with Crippen molar-refractivity contribution in [3.05, 3.63) is 29.3 Å². The Balaban J connectivity index is 2.05. The number of hydrogen-bond acceptors (Lipinski definition) is 4. The lowest BCUT2D eigenvalue weighted by Crippen LogP contribution is -2.47. The molecule has 1 atom stereocenters. The van der Waals surface area contributed by atoms with Crippen molar-refractivity contribution in [3.63, 3.8) is 0 Å². The molecule has 2 rings (SSSR count). The van der Waals surface area contributed by atoms with E-state index >= 15 is 0 Å². The Hall–Kier alpha value is -1.78. The van der Waals surface area contributed by atoms with Crippen molar-refractivity contribution in [2.24, 2.45) is 0 Å². The molecule has 1 fully saturated rings. The number of benzene rings is 1. The van der Waals surface area contributed by atoms with Crippen LogP contribution < -0.4 is 5.32 Å². The summed E-state index contributed by atoms with van der Waals surface area (Å²) in [5.41, 5.74) is -0.755. The van der Waals surface area contributed by atoms with Crippen LogP contribution in [-0.2, 0) is 6.18 Å². The summed E-state index contributed by atoms with van der Waals surface area (Å²) in [7, 11) is 2.06. The number of nitriles is 1. The van der Waals surface area contributed by atoms with Gasteiger partial charge >= 0.3 is 6.18 Å². The molecule has 0 aromatic heterocycles. The van der Waals surface area contributed by atoms with Gasteiger partial charge in [0.15, 0.2) is 0 Å². The Kier molecular flexibility index (Phi) is 5.50. The highest BCUT2D eigenvalue weighted by molar-refractivity contribution is 5.56. The molecular formula is C16H21F3N4. The van der Waals surface area contributed by atoms with E-state index in [1.165, 1.54) is 12.1 Å². The van der Waals surface area contributed by atoms with Gasteiger partial charge in [-0.25, -0.2) is 0 Å². The number of nitrogens with zero attached hydrogens (tertiary/aromatic N) is 3. The van der Waals surface area contributed by atoms with E-state index in [0.29, 0.717) is 6.54 Å². The first-order chi connectivity index (χ1) is 10.8. The molecule has 23 heavy (non-hydrogen) atoms. The Morgan fingerprint density at radius 1 is 1.26 bits per heavy atom. The van der Waals surface area contributed by atoms with Gasteiger partial charge in [-0.2, -0.15) is 18.4 Å². The minimum Gasteiger partial charge on any atom is -0.381 e. The monoisotopic (exact) mass is 326 g/mol. The van der Waals surface area contributed by atoms with Gasteiger partial charge in [0.05, 0.1) is 17.2 Å². The SMILES string of the molecule is CC(CN1CCN(C)CC1)Nc1ccc(C#N)cc1C(F)(F)F. The van der Waals surface area contributed by atoms with E-state index in [9.17, 15) is 13.2 Å². The molecule has 1 aromatic rings. The normalized spacial score (nSPS) is 18.4. The van der Waals surface area contributed by atoms with Crippen molar-refractivity contribution in [1.29, 1.82) is 5.26 Å². The average Bonchev–Trinajstić information content (AvgIpc) is 2.49. The number of alkyl halides is 3. The third-order valence-corrected chi connectivity index (χ3v) is 3.98. The van der Waals surface area contributed by atoms with Crippen LogP contribution in [0.3, 0.4) is 0 Å². The van der Waals surface area contributed by atoms with Gasteiger partial charge in [-0.1, -0.05) is 0 Å². The highest BCUT2D eigenvalue weighted by atomic mass is 19.4. The van der Waals surface area contributed by atoms with E-state index in [-0.39, 0.29) is 17.3 Å². The summed E-state index contributed by atoms with van der Waals surface area (Å²) in [6.45, 7) is 6.33. The van der Waals surface area contributed by atoms with E-state index in [1.807, 2.05) is 6.92 Å². The second-order valence-corrected chi connectivity index (χ2v) is 6.02. The standard InChI is InChI=1S/C16H21F3N4/c1-12(11-23-7-5-22(2)6-8-23)21-15-4-3-13(10-20)9-14(15)16(17,18)19/h3-4,9,12,21H,5-8,11H2,1-2H3. The Labute approximate surface area is 134 Å². The molecule has 1 aliphatic rings. The number of anilines is 1. The smallest absolute Gasteiger partial charge is 0.381 e. The van der Waals surface area contributed by atoms with Crippen LogP contribution in [0.2, 0.25) is 0 Å². The van der Waals surface area contributed by atoms with Crippen molar-refractivity contribution in [3.8, 4) is 6.07 Å². The summed E-state index contributed by atoms with van der Waals surface area (Å²) in [4.78, 5) is 4.48. The van der Waals surface area contributed by atoms with Gasteiger partial charge in [0.25, 0.3) is 0 Å². The molecule has 0 amide bonds. The summed E-state index contributed by atoms with van der Waals surface area (Å²) in [5, 5.41) is 11.7. The highest BCUT2D eigenvalue weighted by Crippen LogP contribution is 2.35. The molecule has 4 nitrogen and oxygen atoms in total. The fourth-order valence-electron chi connectivity index (χ4n) is 2.70. The first kappa shape index (κ1) is 17.6. The predicted octanol–water partition coefficient (Wildman–Crippen LogP) is 2.62. The lowest BCUT2D eigenvalue weighted by Gasteiger charge is -2.34. The predicted molar refractivity (Wildman–Crippen MR) is 83.2 cm³/mol. The number of nitrogens with one attached hydrogen (secondary N) is 1. The maximum absolute atomic E-state index is 13.2. The quantitative estimate of drug-likeness (QED) is 0.924. The molecule has 0 radical (unpaired) electrons. The molecule has 1 saturated heterocycles. The topological polar surface area (TPSA) is 42.3 Å². The molecular weight excluding hydrogens is 305 g/mol. The molecule has 1 N–H and O–H groups in total. The second kappa shape index (κ2) is 7.20. The molecule has 126 valence electrons. The van der Waals surface area contributed by atoms with Gasteiger partial charge in [-0.05, 0) is 32.2 Å². The van der Waals surface area contributed by atoms with Gasteiger partial charge in [0.2, 0.25) is 0 Å². The van der Waals surface area contributed by atoms with Crippen LogP contribution in [-0.4, -0.2) is 55.6 Å². The molecule has 0 bridgehead atoms. The van der Waals surface area contributed by atoms with Gasteiger partial charge in [0, 0.05) is 44.5 Å². The Bertz CT molecular complexity index is 572. The van der Waals surface area contributed by atoms with E-state index < -0.39 is 11.7 Å². The molecule has 1 aliphatic heterocycles. The molecule has 0 saturated carbocycles. The number of piperazine rings is 1. The van der Waals surface area contributed by atoms with E-state index in [4.69, 9.17) is 5.26 Å². The van der Waals surface area contributed by atoms with Crippen molar-refractivity contribution in [2.75, 3.05) is 45.1 Å². The van der Waals surface area contributed by atoms with Crippen molar-refractivity contribution in [1.82, 2.24) is 9.80 Å². The summed E-state index contributed by atoms with van der Waals surface area (Å²) in [6.07, 6.45) is -4.48. The third kappa shape index (κ3) is 4.85. The van der Waals surface area contributed by atoms with E-state index in [0.717, 1.165) is 32.2 Å². The fourth-order valence-corrected chi connectivity index (χ4v) is 2.70. The van der Waals surface area contributed by atoms with Crippen LogP contribution in [0.5, 0.6) is 0 Å². The van der Waals surface area contributed by atoms with Crippen LogP contribution in [0.1, 0.15) is 18.1 Å². The Morgan fingerprint density at radius 2 is 1.91 bits per heavy atom. The molecule has 1 aromatic carbocycles. The highest BCUT2D eigenvalue weighted by Gasteiger charge is 2.34. The van der Waals surface area contributed by atoms with Crippen LogP contribution in [0.4, 0.5) is 18.9 Å². The fraction of sp³-hybridized carbons (Fsp3) is 0.562. The van der Waals surface area contributed by atoms with Gasteiger partial charge < -0.3 is 10.2 Å². The van der Waals surface area contributed by atoms with Crippen LogP contribution >= 0.6 is 0 Å². The number of likely N-dealkylation sites (N-methyl/N-ethyl adjacent to an activating group) is 1. The number of rotatable bonds is 4. The maximum atomic E-state index is 13.2. The first-order valence-corrected chi connectivity index (χ1v) is 7.58. The summed E-state index contributed by atoms with van der Waals surface area (Å²) in [6, 6.07) is 5.26. The Morgan fingerprint density at radius 3 is 2.48 bits per heavy atom. The zero-order chi connectivity index (χ0) is 17.0. The number of hydrogen-bond donors (Lipinski definition) is 1. The van der Waals surface area contributed by atoms with Gasteiger partial charge in [0.1, 0.15) is 0 Å². The summed E-state index contributed by atoms with van der Waals surface area (Å²) in [5.74, 6) is 0. The summed E-state index contributed by atoms with van der Waals surface area (Å²) < 4.78 is 39.5. The molecule has 7 heteroatoms.